The smallest absolute Gasteiger partial charge is 0.308 e. The van der Waals surface area contributed by atoms with Crippen LogP contribution >= 0.6 is 0 Å². The van der Waals surface area contributed by atoms with Gasteiger partial charge in [-0.3, -0.25) is 9.59 Å². The highest BCUT2D eigenvalue weighted by Gasteiger charge is 2.13. The summed E-state index contributed by atoms with van der Waals surface area (Å²) < 4.78 is 23.3. The minimum Gasteiger partial charge on any atom is -0.481 e. The fourth-order valence-electron chi connectivity index (χ4n) is 1.58. The van der Waals surface area contributed by atoms with Crippen molar-refractivity contribution in [2.24, 2.45) is 5.92 Å². The molecule has 2 N–H and O–H groups in total. The van der Waals surface area contributed by atoms with E-state index in [1.165, 1.54) is 19.1 Å². The number of hydrogen-bond donors (Lipinski definition) is 2. The van der Waals surface area contributed by atoms with E-state index >= 15 is 0 Å². The van der Waals surface area contributed by atoms with Crippen LogP contribution in [0.25, 0.3) is 0 Å². The third kappa shape index (κ3) is 5.18. The molecule has 1 aromatic carbocycles. The van der Waals surface area contributed by atoms with Crippen LogP contribution in [0.2, 0.25) is 0 Å². The number of benzene rings is 1. The number of nitrogens with one attached hydrogen (secondary N) is 1. The average molecular weight is 313 g/mol. The quantitative estimate of drug-likeness (QED) is 0.777. The van der Waals surface area contributed by atoms with Gasteiger partial charge in [-0.05, 0) is 17.7 Å². The van der Waals surface area contributed by atoms with Crippen LogP contribution in [0.4, 0.5) is 0 Å². The fraction of sp³-hybridized carbons (Fsp3) is 0.429. The minimum atomic E-state index is -3.24. The lowest BCUT2D eigenvalue weighted by molar-refractivity contribution is -0.141. The summed E-state index contributed by atoms with van der Waals surface area (Å²) in [5, 5.41) is 11.2. The maximum Gasteiger partial charge on any atom is 0.308 e. The molecule has 0 aliphatic rings. The molecule has 116 valence electrons. The highest BCUT2D eigenvalue weighted by molar-refractivity contribution is 7.91. The first-order valence-corrected chi connectivity index (χ1v) is 8.22. The summed E-state index contributed by atoms with van der Waals surface area (Å²) in [5.41, 5.74) is 0.672. The lowest BCUT2D eigenvalue weighted by atomic mass is 10.1. The molecular formula is C14H19NO5S. The highest BCUT2D eigenvalue weighted by atomic mass is 32.2. The van der Waals surface area contributed by atoms with E-state index in [9.17, 15) is 18.0 Å². The summed E-state index contributed by atoms with van der Waals surface area (Å²) in [7, 11) is -3.24. The van der Waals surface area contributed by atoms with Gasteiger partial charge in [0.15, 0.2) is 9.84 Å². The molecule has 1 atom stereocenters. The topological polar surface area (TPSA) is 101 Å². The standard InChI is InChI=1S/C14H19NO5S/c1-3-21(19,20)12-6-4-11(5-7-12)8-13(16)15-9-10(2)14(17)18/h4-7,10H,3,8-9H2,1-2H3,(H,15,16)(H,17,18). The van der Waals surface area contributed by atoms with E-state index in [0.29, 0.717) is 5.56 Å². The Morgan fingerprint density at radius 3 is 2.29 bits per heavy atom. The molecule has 0 fully saturated rings. The van der Waals surface area contributed by atoms with Crippen molar-refractivity contribution in [2.75, 3.05) is 12.3 Å². The van der Waals surface area contributed by atoms with Crippen LogP contribution in [0, 0.1) is 5.92 Å². The van der Waals surface area contributed by atoms with Crippen molar-refractivity contribution in [2.45, 2.75) is 25.2 Å². The molecule has 0 radical (unpaired) electrons. The molecule has 0 aliphatic carbocycles. The zero-order chi connectivity index (χ0) is 16.0. The second kappa shape index (κ2) is 7.21. The van der Waals surface area contributed by atoms with Crippen molar-refractivity contribution >= 4 is 21.7 Å². The SMILES string of the molecule is CCS(=O)(=O)c1ccc(CC(=O)NCC(C)C(=O)O)cc1. The third-order valence-electron chi connectivity index (χ3n) is 3.05. The van der Waals surface area contributed by atoms with Crippen LogP contribution in [0.15, 0.2) is 29.2 Å². The van der Waals surface area contributed by atoms with E-state index in [1.807, 2.05) is 0 Å². The summed E-state index contributed by atoms with van der Waals surface area (Å²) in [6, 6.07) is 6.12. The fourth-order valence-corrected chi connectivity index (χ4v) is 2.47. The number of sulfone groups is 1. The highest BCUT2D eigenvalue weighted by Crippen LogP contribution is 2.12. The average Bonchev–Trinajstić information content (AvgIpc) is 2.45. The molecular weight excluding hydrogens is 294 g/mol. The normalized spacial score (nSPS) is 12.7. The molecule has 1 amide bonds. The molecule has 1 aromatic rings. The van der Waals surface area contributed by atoms with Gasteiger partial charge in [0.05, 0.1) is 23.0 Å². The van der Waals surface area contributed by atoms with Crippen LogP contribution in [-0.4, -0.2) is 37.7 Å². The molecule has 7 heteroatoms. The van der Waals surface area contributed by atoms with E-state index < -0.39 is 21.7 Å². The van der Waals surface area contributed by atoms with Crippen molar-refractivity contribution in [3.8, 4) is 0 Å². The summed E-state index contributed by atoms with van der Waals surface area (Å²) in [5.74, 6) is -1.88. The lowest BCUT2D eigenvalue weighted by Crippen LogP contribution is -2.32. The van der Waals surface area contributed by atoms with Crippen molar-refractivity contribution in [1.82, 2.24) is 5.32 Å². The Balaban J connectivity index is 2.60. The van der Waals surface area contributed by atoms with Crippen molar-refractivity contribution in [1.29, 1.82) is 0 Å². The van der Waals surface area contributed by atoms with Gasteiger partial charge in [-0.15, -0.1) is 0 Å². The molecule has 0 bridgehead atoms. The molecule has 0 saturated heterocycles. The number of carboxylic acids is 1. The van der Waals surface area contributed by atoms with Gasteiger partial charge in [0.2, 0.25) is 5.91 Å². The van der Waals surface area contributed by atoms with E-state index in [2.05, 4.69) is 5.32 Å². The molecule has 0 heterocycles. The van der Waals surface area contributed by atoms with E-state index in [0.717, 1.165) is 0 Å². The number of hydrogen-bond acceptors (Lipinski definition) is 4. The van der Waals surface area contributed by atoms with Gasteiger partial charge in [-0.25, -0.2) is 8.42 Å². The molecule has 0 aromatic heterocycles. The number of carboxylic acid groups (broad SMARTS) is 1. The second-order valence-corrected chi connectivity index (χ2v) is 7.05. The van der Waals surface area contributed by atoms with E-state index in [1.54, 1.807) is 19.1 Å². The summed E-state index contributed by atoms with van der Waals surface area (Å²) in [6.45, 7) is 3.14. The van der Waals surface area contributed by atoms with Crippen LogP contribution in [0.5, 0.6) is 0 Å². The van der Waals surface area contributed by atoms with Crippen LogP contribution in [-0.2, 0) is 25.8 Å². The van der Waals surface area contributed by atoms with Crippen LogP contribution < -0.4 is 5.32 Å². The Morgan fingerprint density at radius 2 is 1.81 bits per heavy atom. The largest absolute Gasteiger partial charge is 0.481 e. The zero-order valence-electron chi connectivity index (χ0n) is 12.0. The Labute approximate surface area is 124 Å². The molecule has 1 unspecified atom stereocenters. The number of carbonyl (C=O) groups is 2. The van der Waals surface area contributed by atoms with Crippen LogP contribution in [0.3, 0.4) is 0 Å². The minimum absolute atomic E-state index is 0.0277. The van der Waals surface area contributed by atoms with Gasteiger partial charge in [0, 0.05) is 6.54 Å². The summed E-state index contributed by atoms with van der Waals surface area (Å²) >= 11 is 0. The molecule has 0 aliphatic heterocycles. The van der Waals surface area contributed by atoms with Gasteiger partial charge in [0.1, 0.15) is 0 Å². The number of amides is 1. The van der Waals surface area contributed by atoms with E-state index in [-0.39, 0.29) is 29.5 Å². The molecule has 6 nitrogen and oxygen atoms in total. The maximum atomic E-state index is 11.7. The molecule has 0 spiro atoms. The van der Waals surface area contributed by atoms with Crippen molar-refractivity contribution < 1.29 is 23.1 Å². The van der Waals surface area contributed by atoms with Gasteiger partial charge in [-0.1, -0.05) is 26.0 Å². The first kappa shape index (κ1) is 17.2. The van der Waals surface area contributed by atoms with E-state index in [4.69, 9.17) is 5.11 Å². The zero-order valence-corrected chi connectivity index (χ0v) is 12.8. The van der Waals surface area contributed by atoms with Crippen molar-refractivity contribution in [3.05, 3.63) is 29.8 Å². The van der Waals surface area contributed by atoms with Crippen molar-refractivity contribution in [3.63, 3.8) is 0 Å². The monoisotopic (exact) mass is 313 g/mol. The first-order valence-electron chi connectivity index (χ1n) is 6.57. The predicted molar refractivity (Wildman–Crippen MR) is 77.7 cm³/mol. The number of aliphatic carboxylic acids is 1. The molecule has 0 saturated carbocycles. The summed E-state index contributed by atoms with van der Waals surface area (Å²) in [4.78, 5) is 22.5. The Hall–Kier alpha value is -1.89. The third-order valence-corrected chi connectivity index (χ3v) is 4.80. The maximum absolute atomic E-state index is 11.7. The summed E-state index contributed by atoms with van der Waals surface area (Å²) in [6.07, 6.45) is 0.0821. The van der Waals surface area contributed by atoms with Gasteiger partial charge >= 0.3 is 5.97 Å². The van der Waals surface area contributed by atoms with Gasteiger partial charge in [-0.2, -0.15) is 0 Å². The Bertz CT molecular complexity index is 607. The Kier molecular flexibility index (Phi) is 5.90. The molecule has 1 rings (SSSR count). The Morgan fingerprint density at radius 1 is 1.24 bits per heavy atom. The second-order valence-electron chi connectivity index (χ2n) is 4.77. The van der Waals surface area contributed by atoms with Gasteiger partial charge < -0.3 is 10.4 Å². The molecule has 21 heavy (non-hydrogen) atoms. The van der Waals surface area contributed by atoms with Gasteiger partial charge in [0.25, 0.3) is 0 Å². The lowest BCUT2D eigenvalue weighted by Gasteiger charge is -2.08. The number of carbonyl (C=O) groups excluding carboxylic acids is 1. The van der Waals surface area contributed by atoms with Crippen LogP contribution in [0.1, 0.15) is 19.4 Å². The number of rotatable bonds is 7. The first-order chi connectivity index (χ1) is 9.76. The predicted octanol–water partition coefficient (Wildman–Crippen LogP) is 0.860.